The Balaban J connectivity index is 2.54. The molecule has 1 aromatic carbocycles. The lowest BCUT2D eigenvalue weighted by molar-refractivity contribution is -0.391. The normalized spacial score (nSPS) is 19.1. The maximum atomic E-state index is 13.1. The van der Waals surface area contributed by atoms with Crippen molar-refractivity contribution in [1.29, 1.82) is 0 Å². The molecule has 1 aromatic rings. The number of halogens is 4. The molecule has 0 unspecified atom stereocenters. The highest BCUT2D eigenvalue weighted by Gasteiger charge is 2.66. The van der Waals surface area contributed by atoms with Crippen molar-refractivity contribution in [2.24, 2.45) is 5.73 Å². The molecule has 2 rings (SSSR count). The first kappa shape index (κ1) is 13.7. The summed E-state index contributed by atoms with van der Waals surface area (Å²) in [5, 5.41) is 0. The monoisotopic (exact) mass is 281 g/mol. The first-order chi connectivity index (χ1) is 8.82. The van der Waals surface area contributed by atoms with Gasteiger partial charge in [-0.15, -0.1) is 0 Å². The average Bonchev–Trinajstić information content (AvgIpc) is 2.31. The van der Waals surface area contributed by atoms with E-state index in [1.165, 1.54) is 13.2 Å². The second-order valence-electron chi connectivity index (χ2n) is 3.85. The quantitative estimate of drug-likeness (QED) is 0.863. The van der Waals surface area contributed by atoms with Crippen molar-refractivity contribution in [2.75, 3.05) is 13.7 Å². The largest absolute Gasteiger partial charge is 0.507 e. The van der Waals surface area contributed by atoms with E-state index in [4.69, 9.17) is 10.5 Å². The number of hydrogen-bond acceptors (Lipinski definition) is 4. The Morgan fingerprint density at radius 1 is 1.16 bits per heavy atom. The van der Waals surface area contributed by atoms with Gasteiger partial charge in [0.15, 0.2) is 11.5 Å². The van der Waals surface area contributed by atoms with E-state index in [9.17, 15) is 17.6 Å². The van der Waals surface area contributed by atoms with Crippen LogP contribution < -0.4 is 19.9 Å². The third-order valence-electron chi connectivity index (χ3n) is 2.60. The summed E-state index contributed by atoms with van der Waals surface area (Å²) >= 11 is 0. The Kier molecular flexibility index (Phi) is 3.21. The Morgan fingerprint density at radius 3 is 2.37 bits per heavy atom. The second kappa shape index (κ2) is 4.44. The van der Waals surface area contributed by atoms with Crippen molar-refractivity contribution in [2.45, 2.75) is 18.6 Å². The van der Waals surface area contributed by atoms with Crippen molar-refractivity contribution < 1.29 is 31.8 Å². The van der Waals surface area contributed by atoms with Crippen LogP contribution in [0, 0.1) is 0 Å². The maximum Gasteiger partial charge on any atom is 0.507 e. The fourth-order valence-electron chi connectivity index (χ4n) is 1.74. The van der Waals surface area contributed by atoms with Gasteiger partial charge in [0.05, 0.1) is 7.11 Å². The Hall–Kier alpha value is -1.70. The smallest absolute Gasteiger partial charge is 0.496 e. The van der Waals surface area contributed by atoms with Crippen LogP contribution in [0.3, 0.4) is 0 Å². The van der Waals surface area contributed by atoms with Crippen LogP contribution in [-0.2, 0) is 6.42 Å². The lowest BCUT2D eigenvalue weighted by Crippen LogP contribution is -2.52. The topological polar surface area (TPSA) is 53.7 Å². The number of nitrogens with two attached hydrogens (primary N) is 1. The molecule has 1 aliphatic rings. The summed E-state index contributed by atoms with van der Waals surface area (Å²) in [4.78, 5) is 0. The summed E-state index contributed by atoms with van der Waals surface area (Å²) in [5.74, 6) is -0.727. The van der Waals surface area contributed by atoms with Crippen molar-refractivity contribution in [3.8, 4) is 17.2 Å². The van der Waals surface area contributed by atoms with Crippen molar-refractivity contribution in [3.05, 3.63) is 17.7 Å². The molecule has 0 bridgehead atoms. The van der Waals surface area contributed by atoms with Crippen LogP contribution in [0.1, 0.15) is 5.56 Å². The number of hydrogen-bond donors (Lipinski definition) is 1. The molecule has 0 atom stereocenters. The summed E-state index contributed by atoms with van der Waals surface area (Å²) in [5.41, 5.74) is 5.52. The van der Waals surface area contributed by atoms with Crippen LogP contribution in [0.2, 0.25) is 0 Å². The molecule has 0 aliphatic carbocycles. The molecule has 2 N–H and O–H groups in total. The molecular weight excluding hydrogens is 270 g/mol. The zero-order valence-electron chi connectivity index (χ0n) is 9.88. The second-order valence-corrected chi connectivity index (χ2v) is 3.85. The zero-order valence-corrected chi connectivity index (χ0v) is 9.88. The summed E-state index contributed by atoms with van der Waals surface area (Å²) < 4.78 is 65.4. The molecule has 1 heterocycles. The van der Waals surface area contributed by atoms with Gasteiger partial charge in [0, 0.05) is 5.56 Å². The standard InChI is InChI=1S/C11H11F4NO3/c1-17-7-2-3-8-9(6(7)4-5-16)19-11(14,15)10(12,13)18-8/h2-3H,4-5,16H2,1H3. The predicted molar refractivity (Wildman–Crippen MR) is 56.9 cm³/mol. The van der Waals surface area contributed by atoms with E-state index in [-0.39, 0.29) is 24.3 Å². The van der Waals surface area contributed by atoms with Gasteiger partial charge in [-0.25, -0.2) is 0 Å². The van der Waals surface area contributed by atoms with Crippen LogP contribution in [-0.4, -0.2) is 25.9 Å². The highest BCUT2D eigenvalue weighted by atomic mass is 19.3. The minimum absolute atomic E-state index is 0.109. The van der Waals surface area contributed by atoms with Crippen LogP contribution in [0.4, 0.5) is 17.6 Å². The molecule has 0 saturated heterocycles. The van der Waals surface area contributed by atoms with Crippen molar-refractivity contribution >= 4 is 0 Å². The van der Waals surface area contributed by atoms with Gasteiger partial charge in [-0.1, -0.05) is 0 Å². The average molecular weight is 281 g/mol. The molecule has 0 radical (unpaired) electrons. The minimum Gasteiger partial charge on any atom is -0.496 e. The van der Waals surface area contributed by atoms with E-state index < -0.39 is 23.7 Å². The van der Waals surface area contributed by atoms with Gasteiger partial charge in [0.1, 0.15) is 5.75 Å². The van der Waals surface area contributed by atoms with Crippen LogP contribution >= 0.6 is 0 Å². The number of methoxy groups -OCH3 is 1. The molecule has 19 heavy (non-hydrogen) atoms. The molecule has 0 aromatic heterocycles. The Bertz CT molecular complexity index is 493. The van der Waals surface area contributed by atoms with E-state index >= 15 is 0 Å². The first-order valence-electron chi connectivity index (χ1n) is 5.36. The summed E-state index contributed by atoms with van der Waals surface area (Å²) in [6.07, 6.45) is -9.36. The van der Waals surface area contributed by atoms with Gasteiger partial charge in [0.25, 0.3) is 0 Å². The number of alkyl halides is 4. The van der Waals surface area contributed by atoms with Gasteiger partial charge in [-0.3, -0.25) is 0 Å². The van der Waals surface area contributed by atoms with E-state index in [1.54, 1.807) is 0 Å². The number of ether oxygens (including phenoxy) is 3. The molecule has 0 amide bonds. The number of benzene rings is 1. The van der Waals surface area contributed by atoms with Gasteiger partial charge >= 0.3 is 12.2 Å². The Labute approximate surface area is 106 Å². The third kappa shape index (κ3) is 2.16. The molecule has 0 fully saturated rings. The molecule has 1 aliphatic heterocycles. The fraction of sp³-hybridized carbons (Fsp3) is 0.455. The highest BCUT2D eigenvalue weighted by Crippen LogP contribution is 2.50. The molecule has 106 valence electrons. The van der Waals surface area contributed by atoms with E-state index in [1.807, 2.05) is 0 Å². The predicted octanol–water partition coefficient (Wildman–Crippen LogP) is 2.15. The summed E-state index contributed by atoms with van der Waals surface area (Å²) in [6.45, 7) is 0.109. The molecule has 8 heteroatoms. The van der Waals surface area contributed by atoms with E-state index in [0.717, 1.165) is 6.07 Å². The first-order valence-corrected chi connectivity index (χ1v) is 5.36. The minimum atomic E-state index is -4.75. The zero-order chi connectivity index (χ0) is 14.3. The van der Waals surface area contributed by atoms with Crippen LogP contribution in [0.25, 0.3) is 0 Å². The lowest BCUT2D eigenvalue weighted by atomic mass is 10.1. The van der Waals surface area contributed by atoms with Crippen molar-refractivity contribution in [3.63, 3.8) is 0 Å². The van der Waals surface area contributed by atoms with Crippen molar-refractivity contribution in [1.82, 2.24) is 0 Å². The van der Waals surface area contributed by atoms with E-state index in [2.05, 4.69) is 9.47 Å². The molecular formula is C11H11F4NO3. The van der Waals surface area contributed by atoms with E-state index in [0.29, 0.717) is 0 Å². The number of fused-ring (bicyclic) bond motifs is 1. The SMILES string of the molecule is COc1ccc2c(c1CCN)OC(F)(F)C(F)(F)O2. The maximum absolute atomic E-state index is 13.1. The third-order valence-corrected chi connectivity index (χ3v) is 2.60. The fourth-order valence-corrected chi connectivity index (χ4v) is 1.74. The summed E-state index contributed by atoms with van der Waals surface area (Å²) in [6, 6.07) is 2.41. The lowest BCUT2D eigenvalue weighted by Gasteiger charge is -2.33. The van der Waals surface area contributed by atoms with Gasteiger partial charge in [0.2, 0.25) is 0 Å². The molecule has 0 saturated carbocycles. The van der Waals surface area contributed by atoms with Gasteiger partial charge in [-0.05, 0) is 25.1 Å². The molecule has 4 nitrogen and oxygen atoms in total. The Morgan fingerprint density at radius 2 is 1.79 bits per heavy atom. The van der Waals surface area contributed by atoms with Gasteiger partial charge < -0.3 is 19.9 Å². The number of rotatable bonds is 3. The van der Waals surface area contributed by atoms with Gasteiger partial charge in [-0.2, -0.15) is 17.6 Å². The van der Waals surface area contributed by atoms with Crippen LogP contribution in [0.15, 0.2) is 12.1 Å². The molecule has 0 spiro atoms. The van der Waals surface area contributed by atoms with Crippen LogP contribution in [0.5, 0.6) is 17.2 Å². The highest BCUT2D eigenvalue weighted by molar-refractivity contribution is 5.55. The summed E-state index contributed by atoms with van der Waals surface area (Å²) in [7, 11) is 1.32.